The number of rotatable bonds is 4. The molecule has 3 N–H and O–H groups in total. The van der Waals surface area contributed by atoms with Crippen LogP contribution in [-0.4, -0.2) is 43.8 Å². The fourth-order valence-corrected chi connectivity index (χ4v) is 3.98. The van der Waals surface area contributed by atoms with Gasteiger partial charge in [0.15, 0.2) is 0 Å². The number of hydrogen-bond donors (Lipinski definition) is 2. The van der Waals surface area contributed by atoms with Crippen LogP contribution in [0.3, 0.4) is 0 Å². The summed E-state index contributed by atoms with van der Waals surface area (Å²) in [6.45, 7) is 1.79. The Kier molecular flexibility index (Phi) is 5.01. The van der Waals surface area contributed by atoms with Crippen molar-refractivity contribution in [1.29, 1.82) is 0 Å². The van der Waals surface area contributed by atoms with Crippen molar-refractivity contribution in [2.24, 2.45) is 11.8 Å². The molecule has 0 bridgehead atoms. The van der Waals surface area contributed by atoms with E-state index in [1.54, 1.807) is 0 Å². The number of likely N-dealkylation sites (N-methyl/N-ethyl adjacent to an activating group) is 1. The lowest BCUT2D eigenvalue weighted by Gasteiger charge is -2.51. The first-order chi connectivity index (χ1) is 8.70. The van der Waals surface area contributed by atoms with Crippen molar-refractivity contribution in [3.63, 3.8) is 0 Å². The van der Waals surface area contributed by atoms with E-state index in [1.165, 1.54) is 32.1 Å². The average Bonchev–Trinajstić information content (AvgIpc) is 2.41. The summed E-state index contributed by atoms with van der Waals surface area (Å²) in [4.78, 5) is 2.42. The standard InChI is InChI=1S/C14H29N3O/c1-17(2)14(8-4-3-5-9-14)13(16-15)12-6-10-18-11-7-12/h12-13,16H,3-11,15H2,1-2H3. The van der Waals surface area contributed by atoms with Crippen LogP contribution < -0.4 is 11.3 Å². The first-order valence-corrected chi connectivity index (χ1v) is 7.42. The largest absolute Gasteiger partial charge is 0.381 e. The third-order valence-electron chi connectivity index (χ3n) is 5.11. The zero-order chi connectivity index (χ0) is 13.0. The molecule has 2 aliphatic rings. The van der Waals surface area contributed by atoms with E-state index in [-0.39, 0.29) is 5.54 Å². The van der Waals surface area contributed by atoms with Crippen molar-refractivity contribution in [1.82, 2.24) is 10.3 Å². The first kappa shape index (κ1) is 14.3. The summed E-state index contributed by atoms with van der Waals surface area (Å²) in [5.74, 6) is 6.60. The van der Waals surface area contributed by atoms with E-state index in [2.05, 4.69) is 24.4 Å². The quantitative estimate of drug-likeness (QED) is 0.590. The van der Waals surface area contributed by atoms with E-state index in [0.717, 1.165) is 26.1 Å². The highest BCUT2D eigenvalue weighted by Crippen LogP contribution is 2.39. The summed E-state index contributed by atoms with van der Waals surface area (Å²) in [6, 6.07) is 0.400. The molecule has 1 atom stereocenters. The Morgan fingerprint density at radius 2 is 1.78 bits per heavy atom. The highest BCUT2D eigenvalue weighted by molar-refractivity contribution is 5.02. The van der Waals surface area contributed by atoms with Crippen LogP contribution in [0.5, 0.6) is 0 Å². The van der Waals surface area contributed by atoms with Crippen molar-refractivity contribution in [2.75, 3.05) is 27.3 Å². The minimum Gasteiger partial charge on any atom is -0.381 e. The Morgan fingerprint density at radius 1 is 1.17 bits per heavy atom. The molecular weight excluding hydrogens is 226 g/mol. The molecule has 0 aromatic carbocycles. The van der Waals surface area contributed by atoms with Crippen molar-refractivity contribution in [3.8, 4) is 0 Å². The fourth-order valence-electron chi connectivity index (χ4n) is 3.98. The van der Waals surface area contributed by atoms with Crippen LogP contribution in [0.1, 0.15) is 44.9 Å². The van der Waals surface area contributed by atoms with Gasteiger partial charge in [-0.2, -0.15) is 0 Å². The van der Waals surface area contributed by atoms with Crippen LogP contribution in [-0.2, 0) is 4.74 Å². The number of nitrogens with zero attached hydrogens (tertiary/aromatic N) is 1. The lowest BCUT2D eigenvalue weighted by Crippen LogP contribution is -2.64. The summed E-state index contributed by atoms with van der Waals surface area (Å²) in [5, 5.41) is 0. The third-order valence-corrected chi connectivity index (χ3v) is 5.11. The Morgan fingerprint density at radius 3 is 2.28 bits per heavy atom. The van der Waals surface area contributed by atoms with E-state index in [0.29, 0.717) is 12.0 Å². The van der Waals surface area contributed by atoms with Gasteiger partial charge in [0.25, 0.3) is 0 Å². The van der Waals surface area contributed by atoms with Gasteiger partial charge in [-0.1, -0.05) is 19.3 Å². The zero-order valence-corrected chi connectivity index (χ0v) is 12.0. The first-order valence-electron chi connectivity index (χ1n) is 7.42. The topological polar surface area (TPSA) is 50.5 Å². The van der Waals surface area contributed by atoms with Gasteiger partial charge >= 0.3 is 0 Å². The van der Waals surface area contributed by atoms with Gasteiger partial charge in [-0.25, -0.2) is 0 Å². The molecule has 4 nitrogen and oxygen atoms in total. The van der Waals surface area contributed by atoms with E-state index >= 15 is 0 Å². The third kappa shape index (κ3) is 2.72. The second-order valence-corrected chi connectivity index (χ2v) is 6.15. The van der Waals surface area contributed by atoms with Gasteiger partial charge in [0.1, 0.15) is 0 Å². The molecule has 1 saturated heterocycles. The Labute approximate surface area is 111 Å². The minimum absolute atomic E-state index is 0.245. The molecule has 1 aliphatic heterocycles. The summed E-state index contributed by atoms with van der Waals surface area (Å²) >= 11 is 0. The monoisotopic (exact) mass is 255 g/mol. The van der Waals surface area contributed by atoms with Gasteiger partial charge in [0.2, 0.25) is 0 Å². The smallest absolute Gasteiger partial charge is 0.0469 e. The molecule has 18 heavy (non-hydrogen) atoms. The molecule has 0 aromatic heterocycles. The fraction of sp³-hybridized carbons (Fsp3) is 1.00. The predicted molar refractivity (Wildman–Crippen MR) is 74.2 cm³/mol. The van der Waals surface area contributed by atoms with Crippen LogP contribution in [0.15, 0.2) is 0 Å². The number of hydrazine groups is 1. The summed E-state index contributed by atoms with van der Waals surface area (Å²) in [6.07, 6.45) is 8.87. The molecule has 1 saturated carbocycles. The van der Waals surface area contributed by atoms with Crippen molar-refractivity contribution >= 4 is 0 Å². The SMILES string of the molecule is CN(C)C1(C(NN)C2CCOCC2)CCCCC1. The molecule has 2 rings (SSSR count). The van der Waals surface area contributed by atoms with Crippen LogP contribution in [0.2, 0.25) is 0 Å². The van der Waals surface area contributed by atoms with Crippen molar-refractivity contribution in [2.45, 2.75) is 56.5 Å². The van der Waals surface area contributed by atoms with Crippen LogP contribution in [0.25, 0.3) is 0 Å². The Bertz CT molecular complexity index is 245. The van der Waals surface area contributed by atoms with Crippen LogP contribution in [0.4, 0.5) is 0 Å². The van der Waals surface area contributed by atoms with Gasteiger partial charge in [-0.3, -0.25) is 11.3 Å². The highest BCUT2D eigenvalue weighted by atomic mass is 16.5. The lowest BCUT2D eigenvalue weighted by atomic mass is 9.70. The molecule has 0 amide bonds. The lowest BCUT2D eigenvalue weighted by molar-refractivity contribution is -0.00886. The molecule has 2 fully saturated rings. The second-order valence-electron chi connectivity index (χ2n) is 6.15. The van der Waals surface area contributed by atoms with Gasteiger partial charge in [-0.15, -0.1) is 0 Å². The normalized spacial score (nSPS) is 27.3. The number of ether oxygens (including phenoxy) is 1. The molecule has 1 aliphatic carbocycles. The highest BCUT2D eigenvalue weighted by Gasteiger charge is 2.44. The van der Waals surface area contributed by atoms with Gasteiger partial charge in [-0.05, 0) is 45.7 Å². The van der Waals surface area contributed by atoms with E-state index in [4.69, 9.17) is 10.6 Å². The number of nitrogens with one attached hydrogen (secondary N) is 1. The Hall–Kier alpha value is -0.160. The predicted octanol–water partition coefficient (Wildman–Crippen LogP) is 1.51. The molecule has 4 heteroatoms. The zero-order valence-electron chi connectivity index (χ0n) is 12.0. The summed E-state index contributed by atoms with van der Waals surface area (Å²) in [5.41, 5.74) is 3.41. The van der Waals surface area contributed by atoms with Crippen LogP contribution >= 0.6 is 0 Å². The van der Waals surface area contributed by atoms with E-state index < -0.39 is 0 Å². The maximum Gasteiger partial charge on any atom is 0.0469 e. The maximum atomic E-state index is 5.94. The molecule has 106 valence electrons. The minimum atomic E-state index is 0.245. The number of hydrogen-bond acceptors (Lipinski definition) is 4. The maximum absolute atomic E-state index is 5.94. The molecule has 0 radical (unpaired) electrons. The summed E-state index contributed by atoms with van der Waals surface area (Å²) < 4.78 is 5.49. The molecule has 0 spiro atoms. The molecule has 1 heterocycles. The molecule has 0 aromatic rings. The number of nitrogens with two attached hydrogens (primary N) is 1. The van der Waals surface area contributed by atoms with E-state index in [9.17, 15) is 0 Å². The van der Waals surface area contributed by atoms with Gasteiger partial charge in [0.05, 0.1) is 0 Å². The average molecular weight is 255 g/mol. The van der Waals surface area contributed by atoms with Gasteiger partial charge < -0.3 is 9.64 Å². The molecule has 1 unspecified atom stereocenters. The summed E-state index contributed by atoms with van der Waals surface area (Å²) in [7, 11) is 4.43. The van der Waals surface area contributed by atoms with Crippen molar-refractivity contribution < 1.29 is 4.74 Å². The van der Waals surface area contributed by atoms with Crippen LogP contribution in [0, 0.1) is 5.92 Å². The second kappa shape index (κ2) is 6.33. The van der Waals surface area contributed by atoms with Gasteiger partial charge in [0, 0.05) is 24.8 Å². The Balaban J connectivity index is 2.15. The van der Waals surface area contributed by atoms with Crippen molar-refractivity contribution in [3.05, 3.63) is 0 Å². The molecular formula is C14H29N3O. The van der Waals surface area contributed by atoms with E-state index in [1.807, 2.05) is 0 Å².